The van der Waals surface area contributed by atoms with Gasteiger partial charge in [-0.1, -0.05) is 32.1 Å². The summed E-state index contributed by atoms with van der Waals surface area (Å²) >= 11 is 0. The second-order valence-corrected chi connectivity index (χ2v) is 6.72. The Bertz CT molecular complexity index is 306. The van der Waals surface area contributed by atoms with Crippen LogP contribution < -0.4 is 10.6 Å². The number of nitrogens with one attached hydrogen (secondary N) is 2. The SMILES string of the molecule is Cl.O=C(NCCNC1CCCCCC1)C1C2CCCC21. The van der Waals surface area contributed by atoms with Crippen molar-refractivity contribution in [3.8, 4) is 0 Å². The summed E-state index contributed by atoms with van der Waals surface area (Å²) in [5.41, 5.74) is 0. The van der Waals surface area contributed by atoms with Crippen molar-refractivity contribution in [2.45, 2.75) is 63.8 Å². The maximum atomic E-state index is 12.0. The molecule has 3 saturated carbocycles. The highest BCUT2D eigenvalue weighted by atomic mass is 35.5. The molecule has 1 amide bonds. The topological polar surface area (TPSA) is 41.1 Å². The number of fused-ring (bicyclic) bond motifs is 1. The Kier molecular flexibility index (Phi) is 6.16. The smallest absolute Gasteiger partial charge is 0.223 e. The summed E-state index contributed by atoms with van der Waals surface area (Å²) in [5, 5.41) is 6.74. The third-order valence-electron chi connectivity index (χ3n) is 5.42. The molecule has 0 heterocycles. The van der Waals surface area contributed by atoms with Crippen molar-refractivity contribution >= 4 is 18.3 Å². The molecule has 3 aliphatic carbocycles. The van der Waals surface area contributed by atoms with Crippen LogP contribution in [0.1, 0.15) is 57.8 Å². The van der Waals surface area contributed by atoms with Gasteiger partial charge in [-0.25, -0.2) is 0 Å². The highest BCUT2D eigenvalue weighted by Gasteiger charge is 2.56. The van der Waals surface area contributed by atoms with E-state index in [0.717, 1.165) is 24.9 Å². The number of carbonyl (C=O) groups excluding carboxylic acids is 1. The fourth-order valence-corrected chi connectivity index (χ4v) is 4.27. The van der Waals surface area contributed by atoms with Crippen LogP contribution in [0.3, 0.4) is 0 Å². The molecule has 0 aromatic heterocycles. The van der Waals surface area contributed by atoms with Gasteiger partial charge in [0.15, 0.2) is 0 Å². The van der Waals surface area contributed by atoms with Crippen LogP contribution in [0.4, 0.5) is 0 Å². The monoisotopic (exact) mass is 300 g/mol. The van der Waals surface area contributed by atoms with Gasteiger partial charge < -0.3 is 10.6 Å². The van der Waals surface area contributed by atoms with Gasteiger partial charge in [0.1, 0.15) is 0 Å². The summed E-state index contributed by atoms with van der Waals surface area (Å²) in [4.78, 5) is 12.0. The molecule has 3 rings (SSSR count). The Hall–Kier alpha value is -0.280. The first-order chi connectivity index (χ1) is 9.36. The second kappa shape index (κ2) is 7.65. The van der Waals surface area contributed by atoms with E-state index < -0.39 is 0 Å². The third-order valence-corrected chi connectivity index (χ3v) is 5.42. The Labute approximate surface area is 129 Å². The molecule has 3 aliphatic rings. The zero-order chi connectivity index (χ0) is 13.1. The zero-order valence-corrected chi connectivity index (χ0v) is 13.2. The number of hydrogen-bond donors (Lipinski definition) is 2. The molecule has 0 radical (unpaired) electrons. The minimum Gasteiger partial charge on any atom is -0.355 e. The number of halogens is 1. The summed E-state index contributed by atoms with van der Waals surface area (Å²) in [7, 11) is 0. The van der Waals surface area contributed by atoms with E-state index in [1.165, 1.54) is 57.8 Å². The van der Waals surface area contributed by atoms with Crippen LogP contribution in [-0.2, 0) is 4.79 Å². The van der Waals surface area contributed by atoms with Crippen LogP contribution in [0, 0.1) is 17.8 Å². The molecule has 116 valence electrons. The van der Waals surface area contributed by atoms with Crippen molar-refractivity contribution in [3.05, 3.63) is 0 Å². The van der Waals surface area contributed by atoms with Crippen molar-refractivity contribution in [2.24, 2.45) is 17.8 Å². The molecular formula is C16H29ClN2O. The maximum absolute atomic E-state index is 12.0. The van der Waals surface area contributed by atoms with Gasteiger partial charge in [-0.2, -0.15) is 0 Å². The highest BCUT2D eigenvalue weighted by Crippen LogP contribution is 2.57. The van der Waals surface area contributed by atoms with E-state index in [1.54, 1.807) is 0 Å². The van der Waals surface area contributed by atoms with E-state index in [1.807, 2.05) is 0 Å². The van der Waals surface area contributed by atoms with Crippen LogP contribution in [0.25, 0.3) is 0 Å². The minimum atomic E-state index is 0. The summed E-state index contributed by atoms with van der Waals surface area (Å²) in [6, 6.07) is 0.694. The van der Waals surface area contributed by atoms with E-state index in [2.05, 4.69) is 10.6 Å². The van der Waals surface area contributed by atoms with E-state index in [9.17, 15) is 4.79 Å². The number of hydrogen-bond acceptors (Lipinski definition) is 2. The molecule has 0 aliphatic heterocycles. The summed E-state index contributed by atoms with van der Waals surface area (Å²) < 4.78 is 0. The molecule has 2 atom stereocenters. The van der Waals surface area contributed by atoms with Crippen LogP contribution in [0.5, 0.6) is 0 Å². The molecule has 0 saturated heterocycles. The van der Waals surface area contributed by atoms with Gasteiger partial charge >= 0.3 is 0 Å². The molecule has 0 bridgehead atoms. The predicted octanol–water partition coefficient (Wildman–Crippen LogP) is 2.88. The van der Waals surface area contributed by atoms with E-state index in [0.29, 0.717) is 17.9 Å². The number of carbonyl (C=O) groups is 1. The van der Waals surface area contributed by atoms with Crippen LogP contribution in [-0.4, -0.2) is 25.0 Å². The summed E-state index contributed by atoms with van der Waals surface area (Å²) in [5.74, 6) is 2.20. The lowest BCUT2D eigenvalue weighted by molar-refractivity contribution is -0.123. The average molecular weight is 301 g/mol. The van der Waals surface area contributed by atoms with Crippen molar-refractivity contribution in [1.29, 1.82) is 0 Å². The maximum Gasteiger partial charge on any atom is 0.223 e. The zero-order valence-electron chi connectivity index (χ0n) is 12.4. The molecule has 0 spiro atoms. The Morgan fingerprint density at radius 1 is 0.850 bits per heavy atom. The van der Waals surface area contributed by atoms with Gasteiger partial charge in [-0.15, -0.1) is 12.4 Å². The molecular weight excluding hydrogens is 272 g/mol. The van der Waals surface area contributed by atoms with Gasteiger partial charge in [-0.3, -0.25) is 4.79 Å². The Balaban J connectivity index is 0.00000147. The molecule has 20 heavy (non-hydrogen) atoms. The Morgan fingerprint density at radius 3 is 2.15 bits per heavy atom. The number of amides is 1. The van der Waals surface area contributed by atoms with Crippen molar-refractivity contribution in [1.82, 2.24) is 10.6 Å². The molecule has 3 nitrogen and oxygen atoms in total. The largest absolute Gasteiger partial charge is 0.355 e. The molecule has 0 aromatic carbocycles. The fraction of sp³-hybridized carbons (Fsp3) is 0.938. The van der Waals surface area contributed by atoms with Crippen LogP contribution in [0.15, 0.2) is 0 Å². The fourth-order valence-electron chi connectivity index (χ4n) is 4.27. The predicted molar refractivity (Wildman–Crippen MR) is 84.1 cm³/mol. The first kappa shape index (κ1) is 16.1. The normalized spacial score (nSPS) is 32.9. The standard InChI is InChI=1S/C16H28N2O.ClH/c19-16(15-13-8-5-9-14(13)15)18-11-10-17-12-6-3-1-2-4-7-12;/h12-15,17H,1-11H2,(H,18,19);1H. The average Bonchev–Trinajstić information content (AvgIpc) is 3.03. The molecule has 4 heteroatoms. The van der Waals surface area contributed by atoms with E-state index >= 15 is 0 Å². The highest BCUT2D eigenvalue weighted by molar-refractivity contribution is 5.85. The minimum absolute atomic E-state index is 0. The first-order valence-corrected chi connectivity index (χ1v) is 8.37. The molecule has 2 N–H and O–H groups in total. The first-order valence-electron chi connectivity index (χ1n) is 8.37. The van der Waals surface area contributed by atoms with Crippen LogP contribution >= 0.6 is 12.4 Å². The summed E-state index contributed by atoms with van der Waals surface area (Å²) in [6.45, 7) is 1.75. The van der Waals surface area contributed by atoms with Gasteiger partial charge in [0, 0.05) is 25.0 Å². The van der Waals surface area contributed by atoms with Crippen molar-refractivity contribution in [3.63, 3.8) is 0 Å². The number of rotatable bonds is 5. The third kappa shape index (κ3) is 3.88. The van der Waals surface area contributed by atoms with Crippen molar-refractivity contribution < 1.29 is 4.79 Å². The lowest BCUT2D eigenvalue weighted by Gasteiger charge is -2.16. The van der Waals surface area contributed by atoms with Gasteiger partial charge in [0.05, 0.1) is 0 Å². The Morgan fingerprint density at radius 2 is 1.50 bits per heavy atom. The van der Waals surface area contributed by atoms with Crippen molar-refractivity contribution in [2.75, 3.05) is 13.1 Å². The quantitative estimate of drug-likeness (QED) is 0.605. The lowest BCUT2D eigenvalue weighted by atomic mass is 10.1. The van der Waals surface area contributed by atoms with Crippen LogP contribution in [0.2, 0.25) is 0 Å². The van der Waals surface area contributed by atoms with Gasteiger partial charge in [0.25, 0.3) is 0 Å². The summed E-state index contributed by atoms with van der Waals surface area (Å²) in [6.07, 6.45) is 12.1. The molecule has 3 fully saturated rings. The van der Waals surface area contributed by atoms with E-state index in [-0.39, 0.29) is 12.4 Å². The van der Waals surface area contributed by atoms with Gasteiger partial charge in [-0.05, 0) is 37.5 Å². The lowest BCUT2D eigenvalue weighted by Crippen LogP contribution is -2.37. The van der Waals surface area contributed by atoms with E-state index in [4.69, 9.17) is 0 Å². The molecule has 2 unspecified atom stereocenters. The second-order valence-electron chi connectivity index (χ2n) is 6.72. The van der Waals surface area contributed by atoms with Gasteiger partial charge in [0.2, 0.25) is 5.91 Å². The molecule has 0 aromatic rings.